The van der Waals surface area contributed by atoms with Gasteiger partial charge in [-0.3, -0.25) is 4.99 Å². The molecule has 0 aliphatic carbocycles. The third-order valence-electron chi connectivity index (χ3n) is 3.77. The molecule has 2 heterocycles. The molecule has 1 aromatic rings. The molecule has 1 aromatic heterocycles. The van der Waals surface area contributed by atoms with Gasteiger partial charge in [-0.05, 0) is 19.3 Å². The van der Waals surface area contributed by atoms with Gasteiger partial charge in [-0.2, -0.15) is 4.98 Å². The second-order valence-corrected chi connectivity index (χ2v) is 5.53. The van der Waals surface area contributed by atoms with Crippen molar-refractivity contribution in [1.29, 1.82) is 0 Å². The van der Waals surface area contributed by atoms with E-state index in [9.17, 15) is 0 Å². The summed E-state index contributed by atoms with van der Waals surface area (Å²) in [5.74, 6) is 2.08. The van der Waals surface area contributed by atoms with Crippen LogP contribution >= 0.6 is 24.0 Å². The Labute approximate surface area is 160 Å². The minimum absolute atomic E-state index is 0. The van der Waals surface area contributed by atoms with E-state index in [1.807, 2.05) is 0 Å². The van der Waals surface area contributed by atoms with Gasteiger partial charge in [0.15, 0.2) is 11.8 Å². The summed E-state index contributed by atoms with van der Waals surface area (Å²) in [5, 5.41) is 7.15. The van der Waals surface area contributed by atoms with E-state index in [4.69, 9.17) is 14.0 Å². The SMILES string of the molecule is CN=C(NCc1noc(C)n1)N1CCC(OCCCOC)CC1.I. The van der Waals surface area contributed by atoms with Crippen LogP contribution in [0, 0.1) is 6.92 Å². The number of nitrogens with zero attached hydrogens (tertiary/aromatic N) is 4. The van der Waals surface area contributed by atoms with E-state index in [2.05, 4.69) is 25.3 Å². The summed E-state index contributed by atoms with van der Waals surface area (Å²) in [4.78, 5) is 10.8. The Kier molecular flexibility index (Phi) is 10.2. The van der Waals surface area contributed by atoms with Crippen molar-refractivity contribution in [2.75, 3.05) is 40.5 Å². The van der Waals surface area contributed by atoms with Gasteiger partial charge in [-0.1, -0.05) is 5.16 Å². The maximum atomic E-state index is 5.88. The van der Waals surface area contributed by atoms with Crippen LogP contribution in [-0.2, 0) is 16.0 Å². The zero-order valence-corrected chi connectivity index (χ0v) is 17.0. The summed E-state index contributed by atoms with van der Waals surface area (Å²) in [6.07, 6.45) is 3.30. The van der Waals surface area contributed by atoms with Crippen molar-refractivity contribution in [3.05, 3.63) is 11.7 Å². The van der Waals surface area contributed by atoms with E-state index in [1.54, 1.807) is 21.1 Å². The monoisotopic (exact) mass is 453 g/mol. The molecule has 24 heavy (non-hydrogen) atoms. The average Bonchev–Trinajstić information content (AvgIpc) is 2.99. The lowest BCUT2D eigenvalue weighted by Gasteiger charge is -2.34. The van der Waals surface area contributed by atoms with E-state index in [-0.39, 0.29) is 24.0 Å². The van der Waals surface area contributed by atoms with Gasteiger partial charge >= 0.3 is 0 Å². The molecule has 9 heteroatoms. The highest BCUT2D eigenvalue weighted by atomic mass is 127. The number of aromatic nitrogens is 2. The fraction of sp³-hybridized carbons (Fsp3) is 0.800. The number of methoxy groups -OCH3 is 1. The van der Waals surface area contributed by atoms with Gasteiger partial charge in [0.25, 0.3) is 0 Å². The fourth-order valence-corrected chi connectivity index (χ4v) is 2.59. The van der Waals surface area contributed by atoms with Crippen molar-refractivity contribution in [3.8, 4) is 0 Å². The maximum Gasteiger partial charge on any atom is 0.223 e. The highest BCUT2D eigenvalue weighted by molar-refractivity contribution is 14.0. The van der Waals surface area contributed by atoms with Crippen LogP contribution in [0.15, 0.2) is 9.52 Å². The minimum Gasteiger partial charge on any atom is -0.385 e. The Bertz CT molecular complexity index is 489. The number of aryl methyl sites for hydroxylation is 1. The first-order valence-corrected chi connectivity index (χ1v) is 8.08. The third-order valence-corrected chi connectivity index (χ3v) is 3.77. The van der Waals surface area contributed by atoms with Crippen LogP contribution in [0.1, 0.15) is 31.0 Å². The topological polar surface area (TPSA) is 85.0 Å². The number of hydrogen-bond acceptors (Lipinski definition) is 6. The minimum atomic E-state index is 0. The summed E-state index contributed by atoms with van der Waals surface area (Å²) in [6.45, 7) is 5.67. The zero-order chi connectivity index (χ0) is 16.5. The fourth-order valence-electron chi connectivity index (χ4n) is 2.59. The van der Waals surface area contributed by atoms with Crippen molar-refractivity contribution in [2.45, 2.75) is 38.8 Å². The van der Waals surface area contributed by atoms with Crippen LogP contribution in [0.2, 0.25) is 0 Å². The van der Waals surface area contributed by atoms with E-state index in [1.165, 1.54) is 0 Å². The van der Waals surface area contributed by atoms with Gasteiger partial charge in [-0.25, -0.2) is 0 Å². The van der Waals surface area contributed by atoms with Crippen molar-refractivity contribution in [3.63, 3.8) is 0 Å². The van der Waals surface area contributed by atoms with E-state index < -0.39 is 0 Å². The number of halogens is 1. The Morgan fingerprint density at radius 2 is 2.12 bits per heavy atom. The molecule has 1 aliphatic heterocycles. The van der Waals surface area contributed by atoms with E-state index >= 15 is 0 Å². The molecule has 0 unspecified atom stereocenters. The lowest BCUT2D eigenvalue weighted by Crippen LogP contribution is -2.46. The maximum absolute atomic E-state index is 5.88. The first-order chi connectivity index (χ1) is 11.2. The van der Waals surface area contributed by atoms with E-state index in [0.717, 1.165) is 51.5 Å². The molecule has 0 atom stereocenters. The number of hydrogen-bond donors (Lipinski definition) is 1. The van der Waals surface area contributed by atoms with Crippen LogP contribution in [0.3, 0.4) is 0 Å². The van der Waals surface area contributed by atoms with Crippen molar-refractivity contribution < 1.29 is 14.0 Å². The molecule has 138 valence electrons. The molecule has 0 saturated carbocycles. The van der Waals surface area contributed by atoms with Crippen molar-refractivity contribution >= 4 is 29.9 Å². The number of likely N-dealkylation sites (tertiary alicyclic amines) is 1. The van der Waals surface area contributed by atoms with Gasteiger partial charge < -0.3 is 24.2 Å². The molecule has 0 spiro atoms. The highest BCUT2D eigenvalue weighted by Crippen LogP contribution is 2.14. The summed E-state index contributed by atoms with van der Waals surface area (Å²) in [7, 11) is 3.50. The van der Waals surface area contributed by atoms with Crippen molar-refractivity contribution in [1.82, 2.24) is 20.4 Å². The lowest BCUT2D eigenvalue weighted by atomic mass is 10.1. The molecule has 8 nitrogen and oxygen atoms in total. The third kappa shape index (κ3) is 6.89. The molecule has 0 aromatic carbocycles. The second-order valence-electron chi connectivity index (χ2n) is 5.53. The number of aliphatic imine (C=N–C) groups is 1. The predicted octanol–water partition coefficient (Wildman–Crippen LogP) is 1.59. The molecular weight excluding hydrogens is 425 g/mol. The molecule has 0 amide bonds. The first kappa shape index (κ1) is 21.1. The van der Waals surface area contributed by atoms with Gasteiger partial charge in [0, 0.05) is 47.4 Å². The second kappa shape index (κ2) is 11.6. The van der Waals surface area contributed by atoms with E-state index in [0.29, 0.717) is 24.4 Å². The number of piperidine rings is 1. The predicted molar refractivity (Wildman–Crippen MR) is 102 cm³/mol. The van der Waals surface area contributed by atoms with Crippen LogP contribution in [0.4, 0.5) is 0 Å². The van der Waals surface area contributed by atoms with Crippen LogP contribution < -0.4 is 5.32 Å². The van der Waals surface area contributed by atoms with Gasteiger partial charge in [-0.15, -0.1) is 24.0 Å². The molecule has 1 N–H and O–H groups in total. The summed E-state index contributed by atoms with van der Waals surface area (Å²) >= 11 is 0. The normalized spacial score (nSPS) is 16.1. The molecule has 0 bridgehead atoms. The quantitative estimate of drug-likeness (QED) is 0.291. The van der Waals surface area contributed by atoms with Crippen LogP contribution in [0.5, 0.6) is 0 Å². The number of nitrogens with one attached hydrogen (secondary N) is 1. The standard InChI is InChI=1S/C15H27N5O3.HI/c1-12-18-14(19-23-12)11-17-15(16-2)20-7-5-13(6-8-20)22-10-4-9-21-3;/h13H,4-11H2,1-3H3,(H,16,17);1H. The van der Waals surface area contributed by atoms with Gasteiger partial charge in [0.05, 0.1) is 12.6 Å². The lowest BCUT2D eigenvalue weighted by molar-refractivity contribution is 0.00989. The molecular formula is C15H28IN5O3. The summed E-state index contributed by atoms with van der Waals surface area (Å²) in [5.41, 5.74) is 0. The Morgan fingerprint density at radius 1 is 1.38 bits per heavy atom. The summed E-state index contributed by atoms with van der Waals surface area (Å²) < 4.78 is 15.9. The molecule has 1 fully saturated rings. The molecule has 1 aliphatic rings. The number of guanidine groups is 1. The first-order valence-electron chi connectivity index (χ1n) is 8.08. The largest absolute Gasteiger partial charge is 0.385 e. The van der Waals surface area contributed by atoms with Gasteiger partial charge in [0.2, 0.25) is 5.89 Å². The number of rotatable bonds is 7. The Hall–Kier alpha value is -0.940. The summed E-state index contributed by atoms with van der Waals surface area (Å²) in [6, 6.07) is 0. The Balaban J connectivity index is 0.00000288. The zero-order valence-electron chi connectivity index (χ0n) is 14.7. The van der Waals surface area contributed by atoms with Crippen LogP contribution in [-0.4, -0.2) is 67.6 Å². The Morgan fingerprint density at radius 3 is 2.71 bits per heavy atom. The molecule has 0 radical (unpaired) electrons. The smallest absolute Gasteiger partial charge is 0.223 e. The number of ether oxygens (including phenoxy) is 2. The highest BCUT2D eigenvalue weighted by Gasteiger charge is 2.22. The van der Waals surface area contributed by atoms with Gasteiger partial charge in [0.1, 0.15) is 0 Å². The average molecular weight is 453 g/mol. The van der Waals surface area contributed by atoms with Crippen molar-refractivity contribution in [2.24, 2.45) is 4.99 Å². The molecule has 2 rings (SSSR count). The van der Waals surface area contributed by atoms with Crippen LogP contribution in [0.25, 0.3) is 0 Å². The molecule has 1 saturated heterocycles.